The molecule has 178 valence electrons. The molecule has 1 unspecified atom stereocenters. The van der Waals surface area contributed by atoms with Gasteiger partial charge in [0.2, 0.25) is 0 Å². The number of rotatable bonds is 10. The van der Waals surface area contributed by atoms with Gasteiger partial charge in [0.15, 0.2) is 0 Å². The number of benzene rings is 2. The van der Waals surface area contributed by atoms with Gasteiger partial charge in [-0.05, 0) is 48.2 Å². The first kappa shape index (κ1) is 25.0. The first-order chi connectivity index (χ1) is 16.3. The van der Waals surface area contributed by atoms with Crippen LogP contribution in [0.25, 0.3) is 23.3 Å². The predicted octanol–water partition coefficient (Wildman–Crippen LogP) is 4.17. The number of aromatic nitrogens is 1. The van der Waals surface area contributed by atoms with E-state index in [-0.39, 0.29) is 6.54 Å². The van der Waals surface area contributed by atoms with Crippen molar-refractivity contribution in [1.82, 2.24) is 10.3 Å². The third kappa shape index (κ3) is 5.44. The number of methoxy groups -OCH3 is 2. The molecule has 7 heteroatoms. The minimum Gasteiger partial charge on any atom is -0.496 e. The van der Waals surface area contributed by atoms with Crippen molar-refractivity contribution in [2.45, 2.75) is 25.9 Å². The Balaban J connectivity index is 1.91. The molecule has 0 radical (unpaired) electrons. The topological polar surface area (TPSA) is 101 Å². The first-order valence-corrected chi connectivity index (χ1v) is 10.8. The highest BCUT2D eigenvalue weighted by atomic mass is 16.5. The molecule has 0 spiro atoms. The van der Waals surface area contributed by atoms with Gasteiger partial charge in [-0.1, -0.05) is 42.5 Å². The van der Waals surface area contributed by atoms with E-state index in [2.05, 4.69) is 29.4 Å². The van der Waals surface area contributed by atoms with Crippen LogP contribution in [0.15, 0.2) is 54.9 Å². The van der Waals surface area contributed by atoms with E-state index in [1.54, 1.807) is 14.2 Å². The molecule has 0 aliphatic heterocycles. The van der Waals surface area contributed by atoms with Gasteiger partial charge in [0.05, 0.1) is 20.8 Å². The van der Waals surface area contributed by atoms with Gasteiger partial charge in [0.25, 0.3) is 0 Å². The summed E-state index contributed by atoms with van der Waals surface area (Å²) in [6.07, 6.45) is 7.64. The molecule has 0 saturated heterocycles. The summed E-state index contributed by atoms with van der Waals surface area (Å²) in [6, 6.07) is 13.8. The van der Waals surface area contributed by atoms with Crippen LogP contribution in [0.5, 0.6) is 11.5 Å². The number of aliphatic carboxylic acids is 1. The van der Waals surface area contributed by atoms with Crippen molar-refractivity contribution in [2.75, 3.05) is 20.8 Å². The Hall–Kier alpha value is -3.68. The molecule has 7 nitrogen and oxygen atoms in total. The number of nitrogens with one attached hydrogen (secondary N) is 1. The fourth-order valence-electron chi connectivity index (χ4n) is 3.56. The largest absolute Gasteiger partial charge is 0.496 e. The van der Waals surface area contributed by atoms with Crippen LogP contribution in [0.3, 0.4) is 0 Å². The molecule has 1 heterocycles. The Morgan fingerprint density at radius 1 is 1.09 bits per heavy atom. The average Bonchev–Trinajstić information content (AvgIpc) is 2.86. The fraction of sp³-hybridized carbons (Fsp3) is 0.259. The number of aliphatic hydroxyl groups is 1. The Morgan fingerprint density at radius 2 is 1.74 bits per heavy atom. The number of hydrogen-bond donors (Lipinski definition) is 3. The van der Waals surface area contributed by atoms with Crippen molar-refractivity contribution in [2.24, 2.45) is 0 Å². The first-order valence-electron chi connectivity index (χ1n) is 10.8. The predicted molar refractivity (Wildman–Crippen MR) is 133 cm³/mol. The van der Waals surface area contributed by atoms with Crippen LogP contribution in [-0.4, -0.2) is 47.5 Å². The Morgan fingerprint density at radius 3 is 2.29 bits per heavy atom. The second-order valence-electron chi connectivity index (χ2n) is 8.15. The second kappa shape index (κ2) is 11.0. The van der Waals surface area contributed by atoms with Crippen LogP contribution < -0.4 is 14.8 Å². The van der Waals surface area contributed by atoms with Gasteiger partial charge < -0.3 is 19.7 Å². The normalized spacial score (nSPS) is 13.0. The van der Waals surface area contributed by atoms with Crippen LogP contribution in [0.2, 0.25) is 0 Å². The lowest BCUT2D eigenvalue weighted by Crippen LogP contribution is -2.52. The Kier molecular flexibility index (Phi) is 8.04. The van der Waals surface area contributed by atoms with Gasteiger partial charge in [-0.3, -0.25) is 15.1 Å². The van der Waals surface area contributed by atoms with Gasteiger partial charge in [0, 0.05) is 30.1 Å². The standard InChI is InChI=1S/C27H30N2O5/c1-18-21(14-28-15-22(18)20-8-6-5-7-9-20)11-10-19-12-24(33-3)23(25(13-19)34-4)16-29-27(2,17-30)26(31)32/h5-15,29-30H,16-17H2,1-4H3,(H,31,32)/b11-10+. The number of carboxylic acids is 1. The van der Waals surface area contributed by atoms with E-state index in [0.717, 1.165) is 27.8 Å². The molecular weight excluding hydrogens is 432 g/mol. The minimum absolute atomic E-state index is 0.141. The van der Waals surface area contributed by atoms with Crippen molar-refractivity contribution >= 4 is 18.1 Å². The van der Waals surface area contributed by atoms with E-state index in [9.17, 15) is 15.0 Å². The third-order valence-electron chi connectivity index (χ3n) is 5.87. The van der Waals surface area contributed by atoms with Gasteiger partial charge in [0.1, 0.15) is 17.0 Å². The van der Waals surface area contributed by atoms with Crippen LogP contribution in [-0.2, 0) is 11.3 Å². The molecule has 0 fully saturated rings. The Labute approximate surface area is 199 Å². The van der Waals surface area contributed by atoms with Crippen molar-refractivity contribution in [3.63, 3.8) is 0 Å². The highest BCUT2D eigenvalue weighted by Crippen LogP contribution is 2.32. The lowest BCUT2D eigenvalue weighted by atomic mass is 9.98. The van der Waals surface area contributed by atoms with E-state index in [1.807, 2.05) is 54.9 Å². The minimum atomic E-state index is -1.48. The molecule has 3 aromatic rings. The number of carbonyl (C=O) groups is 1. The van der Waals surface area contributed by atoms with Crippen molar-refractivity contribution in [1.29, 1.82) is 0 Å². The summed E-state index contributed by atoms with van der Waals surface area (Å²) in [5.41, 5.74) is 4.32. The van der Waals surface area contributed by atoms with E-state index in [0.29, 0.717) is 17.1 Å². The SMILES string of the molecule is COc1cc(/C=C/c2cncc(-c3ccccc3)c2C)cc(OC)c1CNC(C)(CO)C(=O)O. The van der Waals surface area contributed by atoms with Crippen molar-refractivity contribution in [3.05, 3.63) is 77.1 Å². The quantitative estimate of drug-likeness (QED) is 0.416. The molecule has 0 aliphatic rings. The summed E-state index contributed by atoms with van der Waals surface area (Å²) < 4.78 is 11.1. The molecule has 2 aromatic carbocycles. The maximum atomic E-state index is 11.5. The fourth-order valence-corrected chi connectivity index (χ4v) is 3.56. The molecule has 0 aliphatic carbocycles. The maximum Gasteiger partial charge on any atom is 0.326 e. The number of pyridine rings is 1. The van der Waals surface area contributed by atoms with Gasteiger partial charge in [-0.25, -0.2) is 0 Å². The lowest BCUT2D eigenvalue weighted by Gasteiger charge is -2.25. The number of aliphatic hydroxyl groups excluding tert-OH is 1. The summed E-state index contributed by atoms with van der Waals surface area (Å²) in [5, 5.41) is 21.8. The second-order valence-corrected chi connectivity index (χ2v) is 8.15. The number of hydrogen-bond acceptors (Lipinski definition) is 6. The number of nitrogens with zero attached hydrogens (tertiary/aromatic N) is 1. The summed E-state index contributed by atoms with van der Waals surface area (Å²) in [6.45, 7) is 3.08. The van der Waals surface area contributed by atoms with Crippen LogP contribution in [0.1, 0.15) is 29.2 Å². The summed E-state index contributed by atoms with van der Waals surface area (Å²) in [4.78, 5) is 15.9. The highest BCUT2D eigenvalue weighted by Gasteiger charge is 2.32. The third-order valence-corrected chi connectivity index (χ3v) is 5.87. The molecule has 0 saturated carbocycles. The Bertz CT molecular complexity index is 1150. The summed E-state index contributed by atoms with van der Waals surface area (Å²) in [7, 11) is 3.09. The van der Waals surface area contributed by atoms with E-state index >= 15 is 0 Å². The number of ether oxygens (including phenoxy) is 2. The molecule has 34 heavy (non-hydrogen) atoms. The van der Waals surface area contributed by atoms with E-state index < -0.39 is 18.1 Å². The molecule has 0 bridgehead atoms. The molecule has 1 atom stereocenters. The van der Waals surface area contributed by atoms with Gasteiger partial charge in [-0.15, -0.1) is 0 Å². The molecule has 0 amide bonds. The van der Waals surface area contributed by atoms with Gasteiger partial charge in [-0.2, -0.15) is 0 Å². The highest BCUT2D eigenvalue weighted by molar-refractivity contribution is 5.79. The number of carboxylic acid groups (broad SMARTS) is 1. The smallest absolute Gasteiger partial charge is 0.326 e. The van der Waals surface area contributed by atoms with Crippen LogP contribution in [0, 0.1) is 6.92 Å². The summed E-state index contributed by atoms with van der Waals surface area (Å²) in [5.74, 6) is -0.0516. The monoisotopic (exact) mass is 462 g/mol. The van der Waals surface area contributed by atoms with Crippen LogP contribution >= 0.6 is 0 Å². The molecule has 1 aromatic heterocycles. The van der Waals surface area contributed by atoms with Gasteiger partial charge >= 0.3 is 5.97 Å². The zero-order valence-electron chi connectivity index (χ0n) is 19.8. The zero-order chi connectivity index (χ0) is 24.7. The summed E-state index contributed by atoms with van der Waals surface area (Å²) >= 11 is 0. The molecule has 3 N–H and O–H groups in total. The van der Waals surface area contributed by atoms with Crippen molar-refractivity contribution in [3.8, 4) is 22.6 Å². The van der Waals surface area contributed by atoms with Crippen molar-refractivity contribution < 1.29 is 24.5 Å². The molecular formula is C27H30N2O5. The average molecular weight is 463 g/mol. The molecule has 3 rings (SSSR count). The van der Waals surface area contributed by atoms with E-state index in [4.69, 9.17) is 9.47 Å². The maximum absolute atomic E-state index is 11.5. The van der Waals surface area contributed by atoms with E-state index in [1.165, 1.54) is 6.92 Å². The van der Waals surface area contributed by atoms with Crippen LogP contribution in [0.4, 0.5) is 0 Å². The zero-order valence-corrected chi connectivity index (χ0v) is 19.8. The lowest BCUT2D eigenvalue weighted by molar-refractivity contribution is -0.145.